The molecular formula is C12H15NOS3. The molecule has 0 spiro atoms. The molecule has 1 fully saturated rings. The van der Waals surface area contributed by atoms with Gasteiger partial charge in [0.15, 0.2) is 0 Å². The lowest BCUT2D eigenvalue weighted by molar-refractivity contribution is 0.103. The molecule has 0 unspecified atom stereocenters. The monoisotopic (exact) mass is 285 g/mol. The summed E-state index contributed by atoms with van der Waals surface area (Å²) < 4.78 is 0.211. The molecule has 0 aromatic carbocycles. The van der Waals surface area contributed by atoms with Gasteiger partial charge in [0.25, 0.3) is 0 Å². The molecule has 1 aromatic rings. The molecule has 92 valence electrons. The number of ketones is 1. The van der Waals surface area contributed by atoms with Crippen LogP contribution in [0.25, 0.3) is 0 Å². The predicted molar refractivity (Wildman–Crippen MR) is 78.9 cm³/mol. The fourth-order valence-electron chi connectivity index (χ4n) is 1.67. The Kier molecular flexibility index (Phi) is 4.59. The molecule has 1 aliphatic heterocycles. The van der Waals surface area contributed by atoms with Crippen LogP contribution in [-0.4, -0.2) is 21.9 Å². The molecular weight excluding hydrogens is 270 g/mol. The standard InChI is InChI=1S/C12H15NOS3/c1-8(13)10(12-16-6-3-7-17-12)11(14)9-4-2-5-15-9/h2,4-5,12H,3,6-7,13H2,1H3/b10-8-. The fraction of sp³-hybridized carbons (Fsp3) is 0.417. The third-order valence-electron chi connectivity index (χ3n) is 2.48. The number of rotatable bonds is 3. The highest BCUT2D eigenvalue weighted by Crippen LogP contribution is 2.38. The third kappa shape index (κ3) is 3.09. The van der Waals surface area contributed by atoms with Crippen molar-refractivity contribution in [2.24, 2.45) is 5.73 Å². The highest BCUT2D eigenvalue weighted by molar-refractivity contribution is 8.17. The van der Waals surface area contributed by atoms with Crippen LogP contribution in [0.1, 0.15) is 23.0 Å². The topological polar surface area (TPSA) is 43.1 Å². The Morgan fingerprint density at radius 3 is 2.65 bits per heavy atom. The van der Waals surface area contributed by atoms with Gasteiger partial charge in [-0.2, -0.15) is 0 Å². The Bertz CT molecular complexity index is 415. The summed E-state index contributed by atoms with van der Waals surface area (Å²) in [5.41, 5.74) is 7.37. The summed E-state index contributed by atoms with van der Waals surface area (Å²) in [5.74, 6) is 2.34. The second kappa shape index (κ2) is 5.98. The Balaban J connectivity index is 2.24. The van der Waals surface area contributed by atoms with E-state index in [2.05, 4.69) is 0 Å². The summed E-state index contributed by atoms with van der Waals surface area (Å²) in [6, 6.07) is 3.77. The van der Waals surface area contributed by atoms with Gasteiger partial charge in [0.05, 0.1) is 9.46 Å². The largest absolute Gasteiger partial charge is 0.402 e. The first-order valence-corrected chi connectivity index (χ1v) is 8.45. The van der Waals surface area contributed by atoms with Crippen LogP contribution < -0.4 is 5.73 Å². The van der Waals surface area contributed by atoms with Gasteiger partial charge in [-0.3, -0.25) is 4.79 Å². The first-order chi connectivity index (χ1) is 8.20. The molecule has 1 aliphatic rings. The lowest BCUT2D eigenvalue weighted by Crippen LogP contribution is -2.20. The predicted octanol–water partition coefficient (Wildman–Crippen LogP) is 3.36. The Morgan fingerprint density at radius 2 is 2.12 bits per heavy atom. The van der Waals surface area contributed by atoms with Crippen molar-refractivity contribution in [1.82, 2.24) is 0 Å². The normalized spacial score (nSPS) is 18.9. The maximum absolute atomic E-state index is 12.4. The second-order valence-corrected chi connectivity index (χ2v) is 7.50. The summed E-state index contributed by atoms with van der Waals surface area (Å²) in [6.07, 6.45) is 1.22. The quantitative estimate of drug-likeness (QED) is 0.683. The van der Waals surface area contributed by atoms with E-state index in [1.54, 1.807) is 0 Å². The zero-order valence-corrected chi connectivity index (χ0v) is 12.1. The van der Waals surface area contributed by atoms with E-state index >= 15 is 0 Å². The van der Waals surface area contributed by atoms with Crippen LogP contribution in [0, 0.1) is 0 Å². The number of nitrogens with two attached hydrogens (primary N) is 1. The molecule has 1 aromatic heterocycles. The zero-order valence-electron chi connectivity index (χ0n) is 9.64. The number of carbonyl (C=O) groups excluding carboxylic acids is 1. The number of thioether (sulfide) groups is 2. The summed E-state index contributed by atoms with van der Waals surface area (Å²) in [6.45, 7) is 1.83. The highest BCUT2D eigenvalue weighted by Gasteiger charge is 2.27. The molecule has 2 nitrogen and oxygen atoms in total. The first kappa shape index (κ1) is 13.1. The van der Waals surface area contributed by atoms with Crippen molar-refractivity contribution in [2.75, 3.05) is 11.5 Å². The Labute approximate surface area is 114 Å². The van der Waals surface area contributed by atoms with Gasteiger partial charge in [-0.1, -0.05) is 6.07 Å². The summed E-state index contributed by atoms with van der Waals surface area (Å²) in [7, 11) is 0. The minimum atomic E-state index is 0.104. The maximum atomic E-state index is 12.4. The van der Waals surface area contributed by atoms with Crippen LogP contribution >= 0.6 is 34.9 Å². The second-order valence-electron chi connectivity index (χ2n) is 3.83. The van der Waals surface area contributed by atoms with E-state index in [1.807, 2.05) is 48.0 Å². The number of allylic oxidation sites excluding steroid dienone is 1. The van der Waals surface area contributed by atoms with Crippen LogP contribution in [0.5, 0.6) is 0 Å². The summed E-state index contributed by atoms with van der Waals surface area (Å²) in [4.78, 5) is 13.2. The van der Waals surface area contributed by atoms with Gasteiger partial charge in [0.1, 0.15) is 0 Å². The number of thiophene rings is 1. The van der Waals surface area contributed by atoms with E-state index in [1.165, 1.54) is 17.8 Å². The molecule has 2 N–H and O–H groups in total. The van der Waals surface area contributed by atoms with Gasteiger partial charge < -0.3 is 5.73 Å². The van der Waals surface area contributed by atoms with Gasteiger partial charge in [0.2, 0.25) is 5.78 Å². The van der Waals surface area contributed by atoms with Crippen molar-refractivity contribution < 1.29 is 4.79 Å². The van der Waals surface area contributed by atoms with Crippen LogP contribution in [0.2, 0.25) is 0 Å². The molecule has 0 radical (unpaired) electrons. The zero-order chi connectivity index (χ0) is 12.3. The van der Waals surface area contributed by atoms with E-state index < -0.39 is 0 Å². The third-order valence-corrected chi connectivity index (χ3v) is 6.29. The molecule has 0 amide bonds. The molecule has 17 heavy (non-hydrogen) atoms. The molecule has 1 saturated heterocycles. The van der Waals surface area contributed by atoms with E-state index in [4.69, 9.17) is 5.73 Å². The first-order valence-electron chi connectivity index (χ1n) is 5.48. The van der Waals surface area contributed by atoms with Crippen LogP contribution in [0.15, 0.2) is 28.8 Å². The average Bonchev–Trinajstić information content (AvgIpc) is 2.83. The number of hydrogen-bond acceptors (Lipinski definition) is 5. The minimum absolute atomic E-state index is 0.104. The van der Waals surface area contributed by atoms with Crippen molar-refractivity contribution in [3.8, 4) is 0 Å². The van der Waals surface area contributed by atoms with E-state index in [0.29, 0.717) is 5.70 Å². The van der Waals surface area contributed by atoms with Crippen LogP contribution in [-0.2, 0) is 0 Å². The van der Waals surface area contributed by atoms with E-state index in [9.17, 15) is 4.79 Å². The molecule has 0 bridgehead atoms. The summed E-state index contributed by atoms with van der Waals surface area (Å²) >= 11 is 5.15. The maximum Gasteiger partial charge on any atom is 0.202 e. The Morgan fingerprint density at radius 1 is 1.41 bits per heavy atom. The molecule has 5 heteroatoms. The highest BCUT2D eigenvalue weighted by atomic mass is 32.2. The van der Waals surface area contributed by atoms with Crippen LogP contribution in [0.3, 0.4) is 0 Å². The number of carbonyl (C=O) groups is 1. The minimum Gasteiger partial charge on any atom is -0.402 e. The fourth-order valence-corrected chi connectivity index (χ4v) is 5.46. The SMILES string of the molecule is C/C(N)=C(\C(=O)c1cccs1)C1SCCCS1. The number of Topliss-reactive ketones (excluding diaryl/α,β-unsaturated/α-hetero) is 1. The molecule has 2 rings (SSSR count). The van der Waals surface area contributed by atoms with Gasteiger partial charge in [-0.25, -0.2) is 0 Å². The summed E-state index contributed by atoms with van der Waals surface area (Å²) in [5, 5.41) is 1.93. The van der Waals surface area contributed by atoms with Crippen molar-refractivity contribution in [3.05, 3.63) is 33.7 Å². The van der Waals surface area contributed by atoms with E-state index in [-0.39, 0.29) is 10.4 Å². The van der Waals surface area contributed by atoms with Crippen molar-refractivity contribution >= 4 is 40.6 Å². The lowest BCUT2D eigenvalue weighted by Gasteiger charge is -2.23. The molecule has 0 saturated carbocycles. The molecule has 2 heterocycles. The van der Waals surface area contributed by atoms with Crippen molar-refractivity contribution in [2.45, 2.75) is 17.9 Å². The van der Waals surface area contributed by atoms with E-state index in [0.717, 1.165) is 22.0 Å². The lowest BCUT2D eigenvalue weighted by atomic mass is 10.1. The van der Waals surface area contributed by atoms with Crippen molar-refractivity contribution in [3.63, 3.8) is 0 Å². The smallest absolute Gasteiger partial charge is 0.202 e. The van der Waals surface area contributed by atoms with Crippen LogP contribution in [0.4, 0.5) is 0 Å². The molecule has 0 aliphatic carbocycles. The van der Waals surface area contributed by atoms with Gasteiger partial charge >= 0.3 is 0 Å². The average molecular weight is 285 g/mol. The van der Waals surface area contributed by atoms with Crippen molar-refractivity contribution in [1.29, 1.82) is 0 Å². The van der Waals surface area contributed by atoms with Gasteiger partial charge in [0, 0.05) is 11.3 Å². The molecule has 0 atom stereocenters. The van der Waals surface area contributed by atoms with Gasteiger partial charge in [-0.15, -0.1) is 34.9 Å². The Hall–Kier alpha value is -0.390. The number of hydrogen-bond donors (Lipinski definition) is 1. The van der Waals surface area contributed by atoms with Gasteiger partial charge in [-0.05, 0) is 36.3 Å².